The lowest BCUT2D eigenvalue weighted by atomic mass is 10.2. The summed E-state index contributed by atoms with van der Waals surface area (Å²) in [5, 5.41) is 9.33. The number of hydrogen-bond donors (Lipinski definition) is 1. The summed E-state index contributed by atoms with van der Waals surface area (Å²) in [6.07, 6.45) is -0.778. The molecular formula is C15H20ClNO4. The average molecular weight is 314 g/mol. The molecule has 1 atom stereocenters. The van der Waals surface area contributed by atoms with E-state index in [2.05, 4.69) is 0 Å². The quantitative estimate of drug-likeness (QED) is 0.840. The van der Waals surface area contributed by atoms with Gasteiger partial charge in [-0.1, -0.05) is 11.6 Å². The van der Waals surface area contributed by atoms with Gasteiger partial charge >= 0.3 is 5.97 Å². The fourth-order valence-electron chi connectivity index (χ4n) is 1.84. The molecule has 0 aliphatic rings. The van der Waals surface area contributed by atoms with E-state index in [1.165, 1.54) is 4.90 Å². The molecule has 0 radical (unpaired) electrons. The molecule has 0 heterocycles. The van der Waals surface area contributed by atoms with E-state index in [4.69, 9.17) is 21.4 Å². The lowest BCUT2D eigenvalue weighted by Gasteiger charge is -2.29. The number of carbonyl (C=O) groups is 2. The van der Waals surface area contributed by atoms with Crippen LogP contribution in [0, 0.1) is 0 Å². The molecule has 0 saturated carbocycles. The number of carbonyl (C=O) groups excluding carboxylic acids is 1. The lowest BCUT2D eigenvalue weighted by Crippen LogP contribution is -2.45. The summed E-state index contributed by atoms with van der Waals surface area (Å²) in [7, 11) is 0. The highest BCUT2D eigenvalue weighted by molar-refractivity contribution is 6.30. The zero-order chi connectivity index (χ0) is 16.0. The average Bonchev–Trinajstić information content (AvgIpc) is 2.40. The summed E-state index contributed by atoms with van der Waals surface area (Å²) in [5.41, 5.74) is 0. The molecule has 21 heavy (non-hydrogen) atoms. The van der Waals surface area contributed by atoms with Crippen LogP contribution in [-0.2, 0) is 9.59 Å². The van der Waals surface area contributed by atoms with Crippen LogP contribution < -0.4 is 4.74 Å². The van der Waals surface area contributed by atoms with Crippen molar-refractivity contribution in [2.24, 2.45) is 0 Å². The summed E-state index contributed by atoms with van der Waals surface area (Å²) in [4.78, 5) is 24.5. The van der Waals surface area contributed by atoms with E-state index in [0.29, 0.717) is 10.8 Å². The fourth-order valence-corrected chi connectivity index (χ4v) is 1.97. The van der Waals surface area contributed by atoms with Crippen molar-refractivity contribution < 1.29 is 19.4 Å². The van der Waals surface area contributed by atoms with Crippen molar-refractivity contribution >= 4 is 23.5 Å². The molecule has 5 nitrogen and oxygen atoms in total. The molecule has 0 fully saturated rings. The molecule has 1 amide bonds. The Hall–Kier alpha value is -1.75. The topological polar surface area (TPSA) is 66.8 Å². The molecular weight excluding hydrogens is 294 g/mol. The van der Waals surface area contributed by atoms with E-state index >= 15 is 0 Å². The Labute approximate surface area is 129 Å². The molecule has 0 bridgehead atoms. The summed E-state index contributed by atoms with van der Waals surface area (Å²) < 4.78 is 5.57. The molecule has 1 aromatic rings. The molecule has 116 valence electrons. The van der Waals surface area contributed by atoms with E-state index in [1.807, 2.05) is 13.8 Å². The van der Waals surface area contributed by atoms with E-state index in [-0.39, 0.29) is 24.9 Å². The van der Waals surface area contributed by atoms with Crippen LogP contribution in [0.1, 0.15) is 27.2 Å². The standard InChI is InChI=1S/C15H20ClNO4/c1-10(2)17(9-8-14(18)19)15(20)11(3)21-13-6-4-12(16)5-7-13/h4-7,10-11H,8-9H2,1-3H3,(H,18,19). The highest BCUT2D eigenvalue weighted by Gasteiger charge is 2.24. The van der Waals surface area contributed by atoms with Crippen LogP contribution in [0.3, 0.4) is 0 Å². The first-order chi connectivity index (χ1) is 9.81. The van der Waals surface area contributed by atoms with Gasteiger partial charge in [0.05, 0.1) is 6.42 Å². The number of ether oxygens (including phenoxy) is 1. The minimum atomic E-state index is -0.931. The Bertz CT molecular complexity index is 487. The summed E-state index contributed by atoms with van der Waals surface area (Å²) in [6, 6.07) is 6.64. The van der Waals surface area contributed by atoms with Gasteiger partial charge in [0.2, 0.25) is 0 Å². The van der Waals surface area contributed by atoms with Crippen molar-refractivity contribution in [3.63, 3.8) is 0 Å². The maximum Gasteiger partial charge on any atom is 0.305 e. The summed E-state index contributed by atoms with van der Waals surface area (Å²) >= 11 is 5.79. The Kier molecular flexibility index (Phi) is 6.49. The van der Waals surface area contributed by atoms with Crippen molar-refractivity contribution in [3.8, 4) is 5.75 Å². The number of halogens is 1. The minimum Gasteiger partial charge on any atom is -0.481 e. The van der Waals surface area contributed by atoms with Crippen LogP contribution in [0.25, 0.3) is 0 Å². The van der Waals surface area contributed by atoms with Crippen molar-refractivity contribution in [2.75, 3.05) is 6.54 Å². The Morgan fingerprint density at radius 1 is 1.24 bits per heavy atom. The number of carboxylic acid groups (broad SMARTS) is 1. The third-order valence-corrected chi connectivity index (χ3v) is 3.20. The smallest absolute Gasteiger partial charge is 0.305 e. The second-order valence-electron chi connectivity index (χ2n) is 4.98. The zero-order valence-electron chi connectivity index (χ0n) is 12.4. The minimum absolute atomic E-state index is 0.0857. The van der Waals surface area contributed by atoms with Crippen LogP contribution in [-0.4, -0.2) is 40.6 Å². The zero-order valence-corrected chi connectivity index (χ0v) is 13.1. The van der Waals surface area contributed by atoms with Crippen molar-refractivity contribution in [2.45, 2.75) is 39.3 Å². The number of benzene rings is 1. The molecule has 0 aliphatic heterocycles. The maximum absolute atomic E-state index is 12.4. The Morgan fingerprint density at radius 2 is 1.81 bits per heavy atom. The van der Waals surface area contributed by atoms with Gasteiger partial charge in [-0.3, -0.25) is 9.59 Å². The molecule has 1 rings (SSSR count). The van der Waals surface area contributed by atoms with Gasteiger partial charge in [0.25, 0.3) is 5.91 Å². The third-order valence-electron chi connectivity index (χ3n) is 2.95. The van der Waals surface area contributed by atoms with E-state index in [9.17, 15) is 9.59 Å². The van der Waals surface area contributed by atoms with E-state index < -0.39 is 12.1 Å². The van der Waals surface area contributed by atoms with Crippen molar-refractivity contribution in [3.05, 3.63) is 29.3 Å². The SMILES string of the molecule is CC(Oc1ccc(Cl)cc1)C(=O)N(CCC(=O)O)C(C)C. The van der Waals surface area contributed by atoms with Gasteiger partial charge in [-0.05, 0) is 45.0 Å². The van der Waals surface area contributed by atoms with E-state index in [0.717, 1.165) is 0 Å². The first-order valence-electron chi connectivity index (χ1n) is 6.75. The van der Waals surface area contributed by atoms with Crippen LogP contribution in [0.2, 0.25) is 5.02 Å². The predicted octanol–water partition coefficient (Wildman–Crippen LogP) is 2.82. The molecule has 6 heteroatoms. The van der Waals surface area contributed by atoms with Gasteiger partial charge in [-0.25, -0.2) is 0 Å². The van der Waals surface area contributed by atoms with Crippen LogP contribution in [0.4, 0.5) is 0 Å². The number of amides is 1. The summed E-state index contributed by atoms with van der Waals surface area (Å²) in [5.74, 6) is -0.622. The number of rotatable bonds is 7. The van der Waals surface area contributed by atoms with Crippen LogP contribution in [0.15, 0.2) is 24.3 Å². The largest absolute Gasteiger partial charge is 0.481 e. The fraction of sp³-hybridized carbons (Fsp3) is 0.467. The maximum atomic E-state index is 12.4. The first kappa shape index (κ1) is 17.3. The molecule has 1 unspecified atom stereocenters. The van der Waals surface area contributed by atoms with Gasteiger partial charge in [-0.2, -0.15) is 0 Å². The van der Waals surface area contributed by atoms with E-state index in [1.54, 1.807) is 31.2 Å². The van der Waals surface area contributed by atoms with Gasteiger partial charge in [-0.15, -0.1) is 0 Å². The van der Waals surface area contributed by atoms with Gasteiger partial charge in [0.1, 0.15) is 5.75 Å². The highest BCUT2D eigenvalue weighted by atomic mass is 35.5. The van der Waals surface area contributed by atoms with Crippen LogP contribution >= 0.6 is 11.6 Å². The van der Waals surface area contributed by atoms with Crippen LogP contribution in [0.5, 0.6) is 5.75 Å². The third kappa shape index (κ3) is 5.63. The molecule has 1 N–H and O–H groups in total. The molecule has 0 saturated heterocycles. The predicted molar refractivity (Wildman–Crippen MR) is 80.6 cm³/mol. The lowest BCUT2D eigenvalue weighted by molar-refractivity contribution is -0.142. The highest BCUT2D eigenvalue weighted by Crippen LogP contribution is 2.17. The monoisotopic (exact) mass is 313 g/mol. The number of nitrogens with zero attached hydrogens (tertiary/aromatic N) is 1. The van der Waals surface area contributed by atoms with Gasteiger partial charge < -0.3 is 14.7 Å². The van der Waals surface area contributed by atoms with Crippen molar-refractivity contribution in [1.82, 2.24) is 4.90 Å². The second-order valence-corrected chi connectivity index (χ2v) is 5.42. The normalized spacial score (nSPS) is 12.0. The molecule has 0 aromatic heterocycles. The van der Waals surface area contributed by atoms with Crippen molar-refractivity contribution in [1.29, 1.82) is 0 Å². The first-order valence-corrected chi connectivity index (χ1v) is 7.13. The molecule has 0 aliphatic carbocycles. The van der Waals surface area contributed by atoms with Gasteiger partial charge in [0, 0.05) is 17.6 Å². The number of hydrogen-bond acceptors (Lipinski definition) is 3. The second kappa shape index (κ2) is 7.88. The molecule has 1 aromatic carbocycles. The number of aliphatic carboxylic acids is 1. The Balaban J connectivity index is 2.68. The van der Waals surface area contributed by atoms with Gasteiger partial charge in [0.15, 0.2) is 6.10 Å². The molecule has 0 spiro atoms. The Morgan fingerprint density at radius 3 is 2.29 bits per heavy atom. The summed E-state index contributed by atoms with van der Waals surface area (Å²) in [6.45, 7) is 5.50. The number of carboxylic acids is 1.